The summed E-state index contributed by atoms with van der Waals surface area (Å²) in [6.07, 6.45) is 78.6. The van der Waals surface area contributed by atoms with E-state index in [9.17, 15) is 19.0 Å². The van der Waals surface area contributed by atoms with Crippen molar-refractivity contribution in [2.45, 2.75) is 309 Å². The molecule has 0 heterocycles. The fourth-order valence-corrected chi connectivity index (χ4v) is 10.3. The molecule has 0 aliphatic carbocycles. The fourth-order valence-electron chi connectivity index (χ4n) is 9.61. The quantitative estimate of drug-likeness (QED) is 0.0161. The van der Waals surface area contributed by atoms with E-state index >= 15 is 0 Å². The third kappa shape index (κ3) is 59.8. The first kappa shape index (κ1) is 77.2. The molecular weight excluding hydrogens is 1010 g/mol. The van der Waals surface area contributed by atoms with E-state index in [1.165, 1.54) is 193 Å². The number of rotatable bonds is 60. The van der Waals surface area contributed by atoms with Crippen LogP contribution in [0.5, 0.6) is 0 Å². The van der Waals surface area contributed by atoms with Gasteiger partial charge >= 0.3 is 5.97 Å². The molecule has 0 spiro atoms. The summed E-state index contributed by atoms with van der Waals surface area (Å²) in [6, 6.07) is -0.914. The topological polar surface area (TPSA) is 114 Å². The average molecular weight is 1140 g/mol. The Bertz CT molecular complexity index is 1640. The van der Waals surface area contributed by atoms with Crippen molar-refractivity contribution in [1.29, 1.82) is 0 Å². The molecular formula is C70H127N2O7P. The molecule has 464 valence electrons. The molecule has 0 saturated carbocycles. The Balaban J connectivity index is 5.14. The van der Waals surface area contributed by atoms with Crippen LogP contribution >= 0.6 is 7.82 Å². The van der Waals surface area contributed by atoms with E-state index in [0.29, 0.717) is 17.4 Å². The van der Waals surface area contributed by atoms with Crippen molar-refractivity contribution in [2.75, 3.05) is 40.9 Å². The van der Waals surface area contributed by atoms with Crippen LogP contribution in [0.15, 0.2) is 85.1 Å². The highest BCUT2D eigenvalue weighted by Gasteiger charge is 2.27. The smallest absolute Gasteiger partial charge is 0.306 e. The molecule has 0 aromatic heterocycles. The predicted molar refractivity (Wildman–Crippen MR) is 344 cm³/mol. The molecule has 0 aromatic rings. The number of hydrogen-bond donors (Lipinski definition) is 1. The maximum Gasteiger partial charge on any atom is 0.306 e. The van der Waals surface area contributed by atoms with Crippen molar-refractivity contribution in [3.63, 3.8) is 0 Å². The Labute approximate surface area is 495 Å². The molecule has 0 saturated heterocycles. The van der Waals surface area contributed by atoms with Crippen molar-refractivity contribution >= 4 is 19.7 Å². The van der Waals surface area contributed by atoms with Gasteiger partial charge in [-0.1, -0.05) is 318 Å². The molecule has 9 nitrogen and oxygen atoms in total. The van der Waals surface area contributed by atoms with Gasteiger partial charge in [-0.15, -0.1) is 0 Å². The van der Waals surface area contributed by atoms with E-state index in [1.54, 1.807) is 0 Å². The number of nitrogens with one attached hydrogen (secondary N) is 1. The number of phosphoric acid groups is 1. The monoisotopic (exact) mass is 1140 g/mol. The minimum absolute atomic E-state index is 0.0339. The number of carbonyl (C=O) groups excluding carboxylic acids is 2. The number of phosphoric ester groups is 1. The second-order valence-electron chi connectivity index (χ2n) is 23.8. The van der Waals surface area contributed by atoms with E-state index in [2.05, 4.69) is 38.2 Å². The van der Waals surface area contributed by atoms with E-state index < -0.39 is 26.6 Å². The van der Waals surface area contributed by atoms with Gasteiger partial charge in [-0.25, -0.2) is 0 Å². The van der Waals surface area contributed by atoms with Gasteiger partial charge < -0.3 is 28.5 Å². The largest absolute Gasteiger partial charge is 0.756 e. The van der Waals surface area contributed by atoms with Crippen molar-refractivity contribution in [1.82, 2.24) is 5.32 Å². The number of quaternary nitrogens is 1. The predicted octanol–water partition coefficient (Wildman–Crippen LogP) is 20.3. The van der Waals surface area contributed by atoms with Gasteiger partial charge in [-0.2, -0.15) is 0 Å². The summed E-state index contributed by atoms with van der Waals surface area (Å²) in [4.78, 5) is 40.0. The molecule has 1 N–H and O–H groups in total. The molecule has 10 heteroatoms. The van der Waals surface area contributed by atoms with Crippen molar-refractivity contribution < 1.29 is 37.3 Å². The molecule has 3 unspecified atom stereocenters. The first-order chi connectivity index (χ1) is 38.9. The lowest BCUT2D eigenvalue weighted by Crippen LogP contribution is -2.47. The molecule has 3 atom stereocenters. The number of allylic oxidation sites excluding steroid dienone is 13. The van der Waals surface area contributed by atoms with Gasteiger partial charge in [0.05, 0.1) is 33.8 Å². The Morgan fingerprint density at radius 2 is 0.800 bits per heavy atom. The zero-order chi connectivity index (χ0) is 58.6. The Morgan fingerprint density at radius 1 is 0.450 bits per heavy atom. The second kappa shape index (κ2) is 59.4. The van der Waals surface area contributed by atoms with Crippen molar-refractivity contribution in [3.05, 3.63) is 85.1 Å². The highest BCUT2D eigenvalue weighted by atomic mass is 31.2. The van der Waals surface area contributed by atoms with Crippen molar-refractivity contribution in [2.24, 2.45) is 0 Å². The molecule has 0 rings (SSSR count). The van der Waals surface area contributed by atoms with E-state index in [-0.39, 0.29) is 31.3 Å². The molecule has 0 aromatic carbocycles. The van der Waals surface area contributed by atoms with Crippen LogP contribution in [0.25, 0.3) is 0 Å². The van der Waals surface area contributed by atoms with Gasteiger partial charge in [0.15, 0.2) is 0 Å². The second-order valence-corrected chi connectivity index (χ2v) is 25.2. The zero-order valence-corrected chi connectivity index (χ0v) is 53.9. The minimum Gasteiger partial charge on any atom is -0.756 e. The maximum atomic E-state index is 13.5. The van der Waals surface area contributed by atoms with Crippen LogP contribution in [-0.4, -0.2) is 69.4 Å². The highest BCUT2D eigenvalue weighted by Crippen LogP contribution is 2.38. The number of nitrogens with zero attached hydrogens (tertiary/aromatic N) is 1. The lowest BCUT2D eigenvalue weighted by molar-refractivity contribution is -0.870. The number of amides is 1. The summed E-state index contributed by atoms with van der Waals surface area (Å²) in [6.45, 7) is 6.68. The first-order valence-corrected chi connectivity index (χ1v) is 34.9. The molecule has 0 radical (unpaired) electrons. The van der Waals surface area contributed by atoms with Crippen LogP contribution in [0.3, 0.4) is 0 Å². The van der Waals surface area contributed by atoms with Crippen LogP contribution in [0.2, 0.25) is 0 Å². The lowest BCUT2D eigenvalue weighted by Gasteiger charge is -2.30. The minimum atomic E-state index is -4.72. The van der Waals surface area contributed by atoms with Gasteiger partial charge in [0.1, 0.15) is 19.3 Å². The van der Waals surface area contributed by atoms with Gasteiger partial charge in [0.2, 0.25) is 5.91 Å². The maximum absolute atomic E-state index is 13.5. The van der Waals surface area contributed by atoms with E-state index in [1.807, 2.05) is 94.1 Å². The van der Waals surface area contributed by atoms with Crippen LogP contribution < -0.4 is 10.2 Å². The number of ether oxygens (including phenoxy) is 1. The summed E-state index contributed by atoms with van der Waals surface area (Å²) >= 11 is 0. The number of esters is 1. The van der Waals surface area contributed by atoms with Gasteiger partial charge in [-0.05, 0) is 51.0 Å². The van der Waals surface area contributed by atoms with E-state index in [4.69, 9.17) is 13.8 Å². The summed E-state index contributed by atoms with van der Waals surface area (Å²) in [5.41, 5.74) is 0. The Kier molecular flexibility index (Phi) is 57.3. The average Bonchev–Trinajstić information content (AvgIpc) is 3.42. The summed E-state index contributed by atoms with van der Waals surface area (Å²) in [5, 5.41) is 3.01. The summed E-state index contributed by atoms with van der Waals surface area (Å²) in [5.74, 6) is -0.586. The van der Waals surface area contributed by atoms with Crippen LogP contribution in [-0.2, 0) is 27.9 Å². The van der Waals surface area contributed by atoms with Crippen molar-refractivity contribution in [3.8, 4) is 0 Å². The number of carbonyl (C=O) groups is 2. The number of unbranched alkanes of at least 4 members (excludes halogenated alkanes) is 37. The zero-order valence-electron chi connectivity index (χ0n) is 53.0. The van der Waals surface area contributed by atoms with Crippen LogP contribution in [0.1, 0.15) is 297 Å². The van der Waals surface area contributed by atoms with Gasteiger partial charge in [0, 0.05) is 12.8 Å². The molecule has 0 bridgehead atoms. The third-order valence-corrected chi connectivity index (χ3v) is 15.7. The highest BCUT2D eigenvalue weighted by molar-refractivity contribution is 7.45. The normalized spacial score (nSPS) is 14.1. The van der Waals surface area contributed by atoms with Gasteiger partial charge in [-0.3, -0.25) is 14.2 Å². The fraction of sp³-hybridized carbons (Fsp3) is 0.771. The SMILES string of the molecule is CC\C=C/C=C/C=C/C=C\C=C\C=C\CCCCCC(=O)NC(COP(=O)([O-])OCC[N+](C)(C)C)C(/C=C\CCCCCCCCCCCC)OC(=O)CCCCCCCCCCCCCCCCCCCCCCCCCCC. The first-order valence-electron chi connectivity index (χ1n) is 33.5. The Hall–Kier alpha value is -2.81. The standard InChI is InChI=1S/C70H127N2O7P/c1-7-10-13-16-19-22-25-28-30-32-33-34-35-36-37-38-39-41-43-45-48-51-54-57-60-63-70(74)79-68(61-58-55-52-49-46-27-24-21-18-15-12-9-3)67(66-78-80(75,76)77-65-64-72(4,5)6)71-69(73)62-59-56-53-50-47-44-42-40-31-29-26-23-20-17-14-11-8-2/h11,14,17,20,23,26,29,31,40,42,44,47,58,61,67-68H,7-10,12-13,15-16,18-19,21-22,24-25,27-28,30,32-39,41,43,45-46,48-57,59-60,62-66H2,1-6H3,(H-,71,73,75,76)/b14-11-,20-17+,26-23+,31-29-,42-40+,47-44+,61-58-. The number of hydrogen-bond acceptors (Lipinski definition) is 7. The molecule has 0 aliphatic heterocycles. The summed E-state index contributed by atoms with van der Waals surface area (Å²) in [7, 11) is 1.15. The molecule has 0 fully saturated rings. The van der Waals surface area contributed by atoms with E-state index in [0.717, 1.165) is 64.2 Å². The summed E-state index contributed by atoms with van der Waals surface area (Å²) < 4.78 is 30.3. The molecule has 0 aliphatic rings. The Morgan fingerprint density at radius 3 is 1.21 bits per heavy atom. The molecule has 1 amide bonds. The lowest BCUT2D eigenvalue weighted by atomic mass is 10.0. The van der Waals surface area contributed by atoms with Gasteiger partial charge in [0.25, 0.3) is 7.82 Å². The molecule has 80 heavy (non-hydrogen) atoms. The van der Waals surface area contributed by atoms with Crippen LogP contribution in [0.4, 0.5) is 0 Å². The third-order valence-electron chi connectivity index (χ3n) is 14.8. The number of likely N-dealkylation sites (N-methyl/N-ethyl adjacent to an activating group) is 1. The van der Waals surface area contributed by atoms with Crippen LogP contribution in [0, 0.1) is 0 Å².